The van der Waals surface area contributed by atoms with Crippen LogP contribution in [0.15, 0.2) is 72.9 Å². The standard InChI is InChI=1S/C23H21N3O2/c1-15(2)20-13-16-12-17(14-24-22(16)26-20)25-23(27)19-10-6-7-11-21(19)28-18-8-4-3-5-9-18/h3-15H,1-2H3,(H,24,26)(H,25,27). The van der Waals surface area contributed by atoms with Gasteiger partial charge >= 0.3 is 0 Å². The van der Waals surface area contributed by atoms with E-state index in [2.05, 4.69) is 35.2 Å². The van der Waals surface area contributed by atoms with Gasteiger partial charge in [-0.3, -0.25) is 4.79 Å². The zero-order valence-corrected chi connectivity index (χ0v) is 15.8. The number of aromatic amines is 1. The predicted octanol–water partition coefficient (Wildman–Crippen LogP) is 5.73. The van der Waals surface area contributed by atoms with Gasteiger partial charge < -0.3 is 15.0 Å². The van der Waals surface area contributed by atoms with Crippen LogP contribution in [0.3, 0.4) is 0 Å². The van der Waals surface area contributed by atoms with Gasteiger partial charge in [-0.05, 0) is 42.3 Å². The van der Waals surface area contributed by atoms with Crippen LogP contribution in [0.4, 0.5) is 5.69 Å². The molecule has 0 aliphatic heterocycles. The molecule has 0 saturated heterocycles. The minimum Gasteiger partial charge on any atom is -0.457 e. The number of para-hydroxylation sites is 2. The Kier molecular flexibility index (Phi) is 4.81. The van der Waals surface area contributed by atoms with Gasteiger partial charge in [0.05, 0.1) is 17.4 Å². The summed E-state index contributed by atoms with van der Waals surface area (Å²) >= 11 is 0. The molecule has 4 aromatic rings. The van der Waals surface area contributed by atoms with E-state index in [0.717, 1.165) is 16.7 Å². The molecule has 0 saturated carbocycles. The van der Waals surface area contributed by atoms with E-state index in [0.29, 0.717) is 28.7 Å². The van der Waals surface area contributed by atoms with Gasteiger partial charge in [0, 0.05) is 11.1 Å². The first-order valence-corrected chi connectivity index (χ1v) is 9.22. The van der Waals surface area contributed by atoms with Gasteiger partial charge in [-0.15, -0.1) is 0 Å². The van der Waals surface area contributed by atoms with Gasteiger partial charge in [0.2, 0.25) is 0 Å². The average molecular weight is 371 g/mol. The molecule has 0 aliphatic rings. The maximum atomic E-state index is 12.8. The summed E-state index contributed by atoms with van der Waals surface area (Å²) in [7, 11) is 0. The number of benzene rings is 2. The van der Waals surface area contributed by atoms with Crippen molar-refractivity contribution < 1.29 is 9.53 Å². The van der Waals surface area contributed by atoms with Crippen molar-refractivity contribution in [2.75, 3.05) is 5.32 Å². The number of rotatable bonds is 5. The lowest BCUT2D eigenvalue weighted by Crippen LogP contribution is -2.13. The van der Waals surface area contributed by atoms with Crippen molar-refractivity contribution in [3.8, 4) is 11.5 Å². The SMILES string of the molecule is CC(C)c1cc2cc(NC(=O)c3ccccc3Oc3ccccc3)cnc2[nH]1. The van der Waals surface area contributed by atoms with E-state index in [9.17, 15) is 4.79 Å². The molecule has 4 rings (SSSR count). The molecule has 0 aliphatic carbocycles. The second-order valence-electron chi connectivity index (χ2n) is 6.91. The van der Waals surface area contributed by atoms with Gasteiger partial charge in [-0.2, -0.15) is 0 Å². The van der Waals surface area contributed by atoms with Gasteiger partial charge in [0.1, 0.15) is 17.1 Å². The second-order valence-corrected chi connectivity index (χ2v) is 6.91. The zero-order chi connectivity index (χ0) is 19.5. The van der Waals surface area contributed by atoms with E-state index in [1.807, 2.05) is 48.5 Å². The number of carbonyl (C=O) groups is 1. The van der Waals surface area contributed by atoms with Crippen molar-refractivity contribution in [3.63, 3.8) is 0 Å². The summed E-state index contributed by atoms with van der Waals surface area (Å²) in [6, 6.07) is 20.6. The first-order chi connectivity index (χ1) is 13.6. The summed E-state index contributed by atoms with van der Waals surface area (Å²) in [5.41, 5.74) is 3.03. The molecule has 0 spiro atoms. The third-order valence-corrected chi connectivity index (χ3v) is 4.47. The maximum absolute atomic E-state index is 12.8. The Morgan fingerprint density at radius 3 is 2.57 bits per heavy atom. The molecular weight excluding hydrogens is 350 g/mol. The number of aromatic nitrogens is 2. The van der Waals surface area contributed by atoms with Crippen LogP contribution >= 0.6 is 0 Å². The van der Waals surface area contributed by atoms with Crippen molar-refractivity contribution in [2.24, 2.45) is 0 Å². The molecule has 0 unspecified atom stereocenters. The van der Waals surface area contributed by atoms with Gasteiger partial charge in [-0.1, -0.05) is 44.2 Å². The molecule has 28 heavy (non-hydrogen) atoms. The van der Waals surface area contributed by atoms with Crippen LogP contribution in [0.5, 0.6) is 11.5 Å². The first kappa shape index (κ1) is 17.8. The number of pyridine rings is 1. The molecule has 2 aromatic carbocycles. The maximum Gasteiger partial charge on any atom is 0.259 e. The largest absolute Gasteiger partial charge is 0.457 e. The van der Waals surface area contributed by atoms with E-state index < -0.39 is 0 Å². The molecule has 5 nitrogen and oxygen atoms in total. The van der Waals surface area contributed by atoms with Crippen molar-refractivity contribution in [1.29, 1.82) is 0 Å². The number of nitrogens with zero attached hydrogens (tertiary/aromatic N) is 1. The highest BCUT2D eigenvalue weighted by molar-refractivity contribution is 6.06. The third kappa shape index (κ3) is 3.74. The fourth-order valence-corrected chi connectivity index (χ4v) is 2.97. The van der Waals surface area contributed by atoms with Crippen LogP contribution in [-0.4, -0.2) is 15.9 Å². The number of ether oxygens (including phenoxy) is 1. The zero-order valence-electron chi connectivity index (χ0n) is 15.8. The number of hydrogen-bond acceptors (Lipinski definition) is 3. The van der Waals surface area contributed by atoms with Gasteiger partial charge in [0.15, 0.2) is 0 Å². The van der Waals surface area contributed by atoms with E-state index in [1.54, 1.807) is 18.3 Å². The van der Waals surface area contributed by atoms with Gasteiger partial charge in [-0.25, -0.2) is 4.98 Å². The molecule has 0 atom stereocenters. The molecule has 0 bridgehead atoms. The van der Waals surface area contributed by atoms with Crippen LogP contribution in [-0.2, 0) is 0 Å². The number of nitrogens with one attached hydrogen (secondary N) is 2. The Balaban J connectivity index is 1.58. The molecule has 2 aromatic heterocycles. The molecule has 5 heteroatoms. The monoisotopic (exact) mass is 371 g/mol. The van der Waals surface area contributed by atoms with Crippen LogP contribution in [0.25, 0.3) is 11.0 Å². The number of anilines is 1. The second kappa shape index (κ2) is 7.56. The Morgan fingerprint density at radius 1 is 1.04 bits per heavy atom. The number of hydrogen-bond donors (Lipinski definition) is 2. The molecule has 1 amide bonds. The molecule has 2 heterocycles. The highest BCUT2D eigenvalue weighted by atomic mass is 16.5. The smallest absolute Gasteiger partial charge is 0.259 e. The normalized spacial score (nSPS) is 11.0. The molecule has 0 fully saturated rings. The van der Waals surface area contributed by atoms with Crippen LogP contribution in [0.1, 0.15) is 35.8 Å². The van der Waals surface area contributed by atoms with Crippen LogP contribution in [0.2, 0.25) is 0 Å². The van der Waals surface area contributed by atoms with Crippen molar-refractivity contribution in [1.82, 2.24) is 9.97 Å². The van der Waals surface area contributed by atoms with E-state index in [1.165, 1.54) is 0 Å². The average Bonchev–Trinajstić information content (AvgIpc) is 3.13. The Bertz CT molecular complexity index is 1120. The fraction of sp³-hybridized carbons (Fsp3) is 0.130. The minimum atomic E-state index is -0.243. The summed E-state index contributed by atoms with van der Waals surface area (Å²) < 4.78 is 5.89. The minimum absolute atomic E-state index is 0.243. The summed E-state index contributed by atoms with van der Waals surface area (Å²) in [5.74, 6) is 1.32. The third-order valence-electron chi connectivity index (χ3n) is 4.47. The van der Waals surface area contributed by atoms with Gasteiger partial charge in [0.25, 0.3) is 5.91 Å². The van der Waals surface area contributed by atoms with E-state index in [-0.39, 0.29) is 5.91 Å². The van der Waals surface area contributed by atoms with Crippen LogP contribution in [0, 0.1) is 0 Å². The number of amides is 1. The van der Waals surface area contributed by atoms with E-state index >= 15 is 0 Å². The first-order valence-electron chi connectivity index (χ1n) is 9.22. The summed E-state index contributed by atoms with van der Waals surface area (Å²) in [5, 5.41) is 3.89. The summed E-state index contributed by atoms with van der Waals surface area (Å²) in [4.78, 5) is 20.6. The van der Waals surface area contributed by atoms with E-state index in [4.69, 9.17) is 4.74 Å². The van der Waals surface area contributed by atoms with Crippen molar-refractivity contribution >= 4 is 22.6 Å². The van der Waals surface area contributed by atoms with Crippen molar-refractivity contribution in [2.45, 2.75) is 19.8 Å². The number of fused-ring (bicyclic) bond motifs is 1. The quantitative estimate of drug-likeness (QED) is 0.471. The molecule has 2 N–H and O–H groups in total. The summed E-state index contributed by atoms with van der Waals surface area (Å²) in [6.45, 7) is 4.24. The lowest BCUT2D eigenvalue weighted by atomic mass is 10.1. The Morgan fingerprint density at radius 2 is 1.79 bits per heavy atom. The number of carbonyl (C=O) groups excluding carboxylic acids is 1. The lowest BCUT2D eigenvalue weighted by Gasteiger charge is -2.11. The molecule has 0 radical (unpaired) electrons. The van der Waals surface area contributed by atoms with Crippen LogP contribution < -0.4 is 10.1 Å². The molecular formula is C23H21N3O2. The topological polar surface area (TPSA) is 67.0 Å². The lowest BCUT2D eigenvalue weighted by molar-refractivity contribution is 0.102. The predicted molar refractivity (Wildman–Crippen MR) is 111 cm³/mol. The Hall–Kier alpha value is -3.60. The molecule has 140 valence electrons. The highest BCUT2D eigenvalue weighted by Crippen LogP contribution is 2.27. The Labute approximate surface area is 163 Å². The highest BCUT2D eigenvalue weighted by Gasteiger charge is 2.14. The fourth-order valence-electron chi connectivity index (χ4n) is 2.97. The summed E-state index contributed by atoms with van der Waals surface area (Å²) in [6.07, 6.45) is 1.65. The van der Waals surface area contributed by atoms with Crippen molar-refractivity contribution in [3.05, 3.63) is 84.2 Å². The number of H-pyrrole nitrogens is 1.